The molecule has 2 aromatic rings. The Balaban J connectivity index is 1.59. The Kier molecular flexibility index (Phi) is 8.50. The highest BCUT2D eigenvalue weighted by Gasteiger charge is 2.40. The van der Waals surface area contributed by atoms with Gasteiger partial charge in [0.15, 0.2) is 0 Å². The van der Waals surface area contributed by atoms with Crippen molar-refractivity contribution in [1.82, 2.24) is 10.6 Å². The van der Waals surface area contributed by atoms with E-state index < -0.39 is 11.5 Å². The van der Waals surface area contributed by atoms with E-state index in [0.29, 0.717) is 55.5 Å². The van der Waals surface area contributed by atoms with Gasteiger partial charge >= 0.3 is 5.97 Å². The van der Waals surface area contributed by atoms with Gasteiger partial charge in [0.05, 0.1) is 18.7 Å². The maximum atomic E-state index is 13.3. The summed E-state index contributed by atoms with van der Waals surface area (Å²) in [6, 6.07) is 14.0. The number of carbonyl (C=O) groups excluding carboxylic acids is 2. The van der Waals surface area contributed by atoms with Crippen molar-refractivity contribution in [2.45, 2.75) is 31.3 Å². The fraction of sp³-hybridized carbons (Fsp3) is 0.417. The number of amides is 1. The topological polar surface area (TPSA) is 85.9 Å². The summed E-state index contributed by atoms with van der Waals surface area (Å²) in [6.07, 6.45) is 1.15. The largest absolute Gasteiger partial charge is 0.492 e. The summed E-state index contributed by atoms with van der Waals surface area (Å²) in [5.41, 5.74) is 0.644. The molecule has 172 valence electrons. The van der Waals surface area contributed by atoms with Gasteiger partial charge in [0.25, 0.3) is 0 Å². The number of ether oxygens (including phenoxy) is 3. The molecular weight excluding hydrogens is 432 g/mol. The molecule has 2 N–H and O–H groups in total. The lowest BCUT2D eigenvalue weighted by Gasteiger charge is -2.37. The van der Waals surface area contributed by atoms with Gasteiger partial charge in [0, 0.05) is 24.8 Å². The van der Waals surface area contributed by atoms with Crippen molar-refractivity contribution in [3.8, 4) is 5.75 Å². The molecule has 1 saturated heterocycles. The summed E-state index contributed by atoms with van der Waals surface area (Å²) in [5, 5.41) is 7.12. The van der Waals surface area contributed by atoms with Crippen LogP contribution in [-0.2, 0) is 14.3 Å². The molecule has 0 unspecified atom stereocenters. The number of rotatable bonds is 9. The molecule has 1 amide bonds. The van der Waals surface area contributed by atoms with Crippen molar-refractivity contribution in [3.05, 3.63) is 64.7 Å². The van der Waals surface area contributed by atoms with Crippen LogP contribution in [0.2, 0.25) is 5.02 Å². The predicted octanol–water partition coefficient (Wildman–Crippen LogP) is 3.52. The van der Waals surface area contributed by atoms with Crippen molar-refractivity contribution in [3.63, 3.8) is 0 Å². The van der Waals surface area contributed by atoms with Gasteiger partial charge in [-0.15, -0.1) is 0 Å². The van der Waals surface area contributed by atoms with Gasteiger partial charge in [0.1, 0.15) is 17.9 Å². The van der Waals surface area contributed by atoms with Crippen LogP contribution in [0.15, 0.2) is 48.5 Å². The van der Waals surface area contributed by atoms with Gasteiger partial charge in [-0.1, -0.05) is 29.8 Å². The number of nitrogens with one attached hydrogen (secondary N) is 2. The van der Waals surface area contributed by atoms with Crippen LogP contribution in [0, 0.1) is 0 Å². The average Bonchev–Trinajstić information content (AvgIpc) is 2.82. The first kappa shape index (κ1) is 24.0. The van der Waals surface area contributed by atoms with Crippen LogP contribution < -0.4 is 15.4 Å². The summed E-state index contributed by atoms with van der Waals surface area (Å²) in [5.74, 6) is 0.223. The highest BCUT2D eigenvalue weighted by atomic mass is 35.5. The van der Waals surface area contributed by atoms with Crippen molar-refractivity contribution in [2.24, 2.45) is 0 Å². The minimum Gasteiger partial charge on any atom is -0.492 e. The normalized spacial score (nSPS) is 16.1. The van der Waals surface area contributed by atoms with E-state index in [1.165, 1.54) is 7.11 Å². The molecular formula is C24H29ClN2O5. The van der Waals surface area contributed by atoms with Gasteiger partial charge in [-0.05, 0) is 55.7 Å². The molecule has 7 nitrogen and oxygen atoms in total. The Bertz CT molecular complexity index is 913. The molecule has 0 aliphatic carbocycles. The second-order valence-electron chi connectivity index (χ2n) is 7.74. The number of methoxy groups -OCH3 is 1. The van der Waals surface area contributed by atoms with Crippen molar-refractivity contribution < 1.29 is 23.8 Å². The lowest BCUT2D eigenvalue weighted by molar-refractivity contribution is -0.132. The van der Waals surface area contributed by atoms with E-state index in [9.17, 15) is 9.59 Å². The van der Waals surface area contributed by atoms with Crippen LogP contribution in [0.4, 0.5) is 0 Å². The molecule has 8 heteroatoms. The molecule has 3 rings (SSSR count). The SMILES string of the molecule is COC(=O)c1ccc([C@H](C)NC(=O)C2(NCCOc3cccc(Cl)c3)CCOCC2)cc1. The summed E-state index contributed by atoms with van der Waals surface area (Å²) < 4.78 is 16.0. The highest BCUT2D eigenvalue weighted by Crippen LogP contribution is 2.23. The number of halogens is 1. The fourth-order valence-electron chi connectivity index (χ4n) is 3.66. The Hall–Kier alpha value is -2.61. The summed E-state index contributed by atoms with van der Waals surface area (Å²) in [7, 11) is 1.35. The van der Waals surface area contributed by atoms with Gasteiger partial charge < -0.3 is 19.5 Å². The van der Waals surface area contributed by atoms with Crippen molar-refractivity contribution in [1.29, 1.82) is 0 Å². The zero-order chi connectivity index (χ0) is 23.0. The molecule has 1 heterocycles. The maximum absolute atomic E-state index is 13.3. The summed E-state index contributed by atoms with van der Waals surface area (Å²) >= 11 is 5.99. The van der Waals surface area contributed by atoms with Crippen molar-refractivity contribution in [2.75, 3.05) is 33.5 Å². The number of carbonyl (C=O) groups is 2. The number of hydrogen-bond donors (Lipinski definition) is 2. The van der Waals surface area contributed by atoms with Crippen molar-refractivity contribution >= 4 is 23.5 Å². The molecule has 32 heavy (non-hydrogen) atoms. The van der Waals surface area contributed by atoms with Crippen LogP contribution >= 0.6 is 11.6 Å². The zero-order valence-electron chi connectivity index (χ0n) is 18.4. The first-order chi connectivity index (χ1) is 15.4. The minimum atomic E-state index is -0.726. The van der Waals surface area contributed by atoms with Gasteiger partial charge in [-0.25, -0.2) is 4.79 Å². The summed E-state index contributed by atoms with van der Waals surface area (Å²) in [6.45, 7) is 3.85. The van der Waals surface area contributed by atoms with Crippen LogP contribution in [0.5, 0.6) is 5.75 Å². The monoisotopic (exact) mass is 460 g/mol. The second kappa shape index (κ2) is 11.3. The van der Waals surface area contributed by atoms with Gasteiger partial charge in [-0.2, -0.15) is 0 Å². The smallest absolute Gasteiger partial charge is 0.337 e. The molecule has 0 spiro atoms. The number of esters is 1. The van der Waals surface area contributed by atoms with E-state index in [0.717, 1.165) is 5.56 Å². The molecule has 1 fully saturated rings. The van der Waals surface area contributed by atoms with E-state index in [1.807, 2.05) is 31.2 Å². The molecule has 1 aliphatic rings. The highest BCUT2D eigenvalue weighted by molar-refractivity contribution is 6.30. The Morgan fingerprint density at radius 3 is 2.53 bits per heavy atom. The fourth-order valence-corrected chi connectivity index (χ4v) is 3.84. The first-order valence-corrected chi connectivity index (χ1v) is 11.0. The second-order valence-corrected chi connectivity index (χ2v) is 8.17. The third kappa shape index (κ3) is 6.22. The van der Waals surface area contributed by atoms with Gasteiger partial charge in [0.2, 0.25) is 5.91 Å². The standard InChI is InChI=1S/C24H29ClN2O5/c1-17(18-6-8-19(9-7-18)22(28)30-2)27-23(29)24(10-13-31-14-11-24)26-12-15-32-21-5-3-4-20(25)16-21/h3-9,16-17,26H,10-15H2,1-2H3,(H,27,29)/t17-/m0/s1. The lowest BCUT2D eigenvalue weighted by Crippen LogP contribution is -2.60. The molecule has 1 aliphatic heterocycles. The Morgan fingerprint density at radius 1 is 1.16 bits per heavy atom. The molecule has 0 bridgehead atoms. The average molecular weight is 461 g/mol. The first-order valence-electron chi connectivity index (χ1n) is 10.6. The number of hydrogen-bond acceptors (Lipinski definition) is 6. The third-order valence-corrected chi connectivity index (χ3v) is 5.83. The quantitative estimate of drug-likeness (QED) is 0.440. The van der Waals surface area contributed by atoms with Crippen LogP contribution in [0.3, 0.4) is 0 Å². The van der Waals surface area contributed by atoms with Crippen LogP contribution in [0.1, 0.15) is 41.7 Å². The van der Waals surface area contributed by atoms with Gasteiger partial charge in [-0.3, -0.25) is 10.1 Å². The lowest BCUT2D eigenvalue weighted by atomic mass is 9.88. The van der Waals surface area contributed by atoms with E-state index in [4.69, 9.17) is 25.8 Å². The van der Waals surface area contributed by atoms with Crippen LogP contribution in [-0.4, -0.2) is 50.9 Å². The molecule has 1 atom stereocenters. The Morgan fingerprint density at radius 2 is 1.88 bits per heavy atom. The van der Waals surface area contributed by atoms with E-state index in [-0.39, 0.29) is 11.9 Å². The Labute approximate surface area is 193 Å². The maximum Gasteiger partial charge on any atom is 0.337 e. The molecule has 0 aromatic heterocycles. The minimum absolute atomic E-state index is 0.0758. The third-order valence-electron chi connectivity index (χ3n) is 5.59. The summed E-state index contributed by atoms with van der Waals surface area (Å²) in [4.78, 5) is 24.9. The number of benzene rings is 2. The van der Waals surface area contributed by atoms with E-state index >= 15 is 0 Å². The zero-order valence-corrected chi connectivity index (χ0v) is 19.1. The molecule has 2 aromatic carbocycles. The molecule has 0 saturated carbocycles. The molecule has 0 radical (unpaired) electrons. The van der Waals surface area contributed by atoms with E-state index in [2.05, 4.69) is 10.6 Å². The van der Waals surface area contributed by atoms with E-state index in [1.54, 1.807) is 24.3 Å². The van der Waals surface area contributed by atoms with Crippen LogP contribution in [0.25, 0.3) is 0 Å². The predicted molar refractivity (Wildman–Crippen MR) is 122 cm³/mol.